The second-order valence-corrected chi connectivity index (χ2v) is 12.9. The highest BCUT2D eigenvalue weighted by atomic mass is 35.5. The van der Waals surface area contributed by atoms with Crippen LogP contribution >= 0.6 is 11.6 Å². The molecule has 46 heavy (non-hydrogen) atoms. The average Bonchev–Trinajstić information content (AvgIpc) is 3.41. The summed E-state index contributed by atoms with van der Waals surface area (Å²) in [4.78, 5) is 51.1. The van der Waals surface area contributed by atoms with Crippen LogP contribution in [0.3, 0.4) is 0 Å². The average molecular weight is 645 g/mol. The number of halogens is 1. The Morgan fingerprint density at radius 1 is 1.11 bits per heavy atom. The normalized spacial score (nSPS) is 18.7. The monoisotopic (exact) mass is 644 g/mol. The molecule has 12 heteroatoms. The van der Waals surface area contributed by atoms with E-state index in [0.717, 1.165) is 55.7 Å². The van der Waals surface area contributed by atoms with Gasteiger partial charge in [-0.25, -0.2) is 19.9 Å². The molecule has 6 rings (SSSR count). The Balaban J connectivity index is 1.13. The molecule has 242 valence electrons. The number of anilines is 2. The SMILES string of the molecule is C/C(=N\C(=O)[C@@H](C)N1Cc2ccc(-c3nc(NC4CCOCC4)ncc3Cl)cc2C1=O)c1ccnc(N2CCC(N(C)C)CC2)c1. The van der Waals surface area contributed by atoms with E-state index in [1.165, 1.54) is 0 Å². The Morgan fingerprint density at radius 3 is 2.61 bits per heavy atom. The molecule has 3 aromatic rings. The van der Waals surface area contributed by atoms with Crippen LogP contribution in [0.1, 0.15) is 61.0 Å². The molecule has 2 fully saturated rings. The van der Waals surface area contributed by atoms with E-state index in [9.17, 15) is 9.59 Å². The summed E-state index contributed by atoms with van der Waals surface area (Å²) >= 11 is 6.52. The van der Waals surface area contributed by atoms with Gasteiger partial charge < -0.3 is 24.8 Å². The van der Waals surface area contributed by atoms with Crippen molar-refractivity contribution in [2.45, 2.75) is 64.2 Å². The van der Waals surface area contributed by atoms with Crippen molar-refractivity contribution < 1.29 is 14.3 Å². The van der Waals surface area contributed by atoms with Gasteiger partial charge in [0, 0.05) is 73.5 Å². The van der Waals surface area contributed by atoms with Crippen molar-refractivity contribution in [2.24, 2.45) is 4.99 Å². The Bertz CT molecular complexity index is 1630. The minimum absolute atomic E-state index is 0.219. The first kappa shape index (κ1) is 32.0. The van der Waals surface area contributed by atoms with Crippen LogP contribution in [0, 0.1) is 0 Å². The van der Waals surface area contributed by atoms with Crippen LogP contribution in [0.5, 0.6) is 0 Å². The Kier molecular flexibility index (Phi) is 9.62. The number of rotatable bonds is 8. The maximum absolute atomic E-state index is 13.6. The van der Waals surface area contributed by atoms with E-state index in [1.807, 2.05) is 31.2 Å². The molecule has 2 amide bonds. The number of carbonyl (C=O) groups is 2. The fraction of sp³-hybridized carbons (Fsp3) is 0.471. The van der Waals surface area contributed by atoms with E-state index in [1.54, 1.807) is 30.3 Å². The molecule has 0 spiro atoms. The van der Waals surface area contributed by atoms with Crippen molar-refractivity contribution in [1.29, 1.82) is 0 Å². The largest absolute Gasteiger partial charge is 0.381 e. The lowest BCUT2D eigenvalue weighted by Crippen LogP contribution is -2.42. The summed E-state index contributed by atoms with van der Waals surface area (Å²) in [6.07, 6.45) is 7.26. The number of hydrogen-bond donors (Lipinski definition) is 1. The molecule has 0 saturated carbocycles. The van der Waals surface area contributed by atoms with Crippen LogP contribution in [0.15, 0.2) is 47.7 Å². The standard InChI is InChI=1S/C34H41ClN8O3/c1-21(23-7-12-36-30(18-23)42-13-8-27(9-14-42)41(3)4)38-32(44)22(2)43-20-25-6-5-24(17-28(25)33(43)45)31-29(35)19-37-34(40-31)39-26-10-15-46-16-11-26/h5-7,12,17-19,22,26-27H,8-11,13-16,20H2,1-4H3,(H,37,39,40)/b38-21+/t22-/m1/s1. The molecular weight excluding hydrogens is 604 g/mol. The smallest absolute Gasteiger partial charge is 0.268 e. The predicted molar refractivity (Wildman–Crippen MR) is 180 cm³/mol. The molecule has 11 nitrogen and oxygen atoms in total. The third-order valence-electron chi connectivity index (χ3n) is 9.30. The van der Waals surface area contributed by atoms with Gasteiger partial charge in [-0.3, -0.25) is 9.59 Å². The van der Waals surface area contributed by atoms with E-state index in [2.05, 4.69) is 49.2 Å². The number of amides is 2. The first-order chi connectivity index (χ1) is 22.2. The first-order valence-electron chi connectivity index (χ1n) is 16.0. The molecule has 2 saturated heterocycles. The molecule has 3 aliphatic rings. The zero-order valence-electron chi connectivity index (χ0n) is 26.9. The van der Waals surface area contributed by atoms with E-state index in [4.69, 9.17) is 16.3 Å². The predicted octanol–water partition coefficient (Wildman–Crippen LogP) is 4.69. The number of hydrogen-bond acceptors (Lipinski definition) is 9. The van der Waals surface area contributed by atoms with Gasteiger partial charge in [0.2, 0.25) is 5.95 Å². The lowest BCUT2D eigenvalue weighted by atomic mass is 10.0. The maximum Gasteiger partial charge on any atom is 0.268 e. The highest BCUT2D eigenvalue weighted by Crippen LogP contribution is 2.33. The van der Waals surface area contributed by atoms with E-state index in [-0.39, 0.29) is 17.9 Å². The molecule has 0 aliphatic carbocycles. The number of aliphatic imine (C=N–C) groups is 1. The van der Waals surface area contributed by atoms with Gasteiger partial charge in [0.15, 0.2) is 0 Å². The fourth-order valence-electron chi connectivity index (χ4n) is 6.33. The summed E-state index contributed by atoms with van der Waals surface area (Å²) < 4.78 is 5.44. The number of nitrogens with zero attached hydrogens (tertiary/aromatic N) is 7. The summed E-state index contributed by atoms with van der Waals surface area (Å²) in [5.74, 6) is 0.791. The van der Waals surface area contributed by atoms with E-state index < -0.39 is 6.04 Å². The number of ether oxygens (including phenoxy) is 1. The number of benzene rings is 1. The number of piperidine rings is 1. The van der Waals surface area contributed by atoms with Crippen molar-refractivity contribution in [3.8, 4) is 11.3 Å². The molecular formula is C34H41ClN8O3. The van der Waals surface area contributed by atoms with Crippen molar-refractivity contribution in [3.63, 3.8) is 0 Å². The Labute approximate surface area is 275 Å². The molecule has 2 aromatic heterocycles. The minimum atomic E-state index is -0.734. The highest BCUT2D eigenvalue weighted by Gasteiger charge is 2.34. The lowest BCUT2D eigenvalue weighted by Gasteiger charge is -2.35. The summed E-state index contributed by atoms with van der Waals surface area (Å²) in [6.45, 7) is 7.15. The van der Waals surface area contributed by atoms with Gasteiger partial charge in [0.25, 0.3) is 11.8 Å². The topological polar surface area (TPSA) is 116 Å². The van der Waals surface area contributed by atoms with Gasteiger partial charge in [-0.15, -0.1) is 0 Å². The van der Waals surface area contributed by atoms with Crippen molar-refractivity contribution in [3.05, 3.63) is 64.4 Å². The number of carbonyl (C=O) groups excluding carboxylic acids is 2. The summed E-state index contributed by atoms with van der Waals surface area (Å²) in [7, 11) is 4.25. The summed E-state index contributed by atoms with van der Waals surface area (Å²) in [6, 6.07) is 9.55. The van der Waals surface area contributed by atoms with Crippen LogP contribution in [0.4, 0.5) is 11.8 Å². The highest BCUT2D eigenvalue weighted by molar-refractivity contribution is 6.33. The summed E-state index contributed by atoms with van der Waals surface area (Å²) in [5, 5.41) is 3.77. The molecule has 1 atom stereocenters. The third-order valence-corrected chi connectivity index (χ3v) is 9.58. The van der Waals surface area contributed by atoms with Gasteiger partial charge >= 0.3 is 0 Å². The van der Waals surface area contributed by atoms with E-state index >= 15 is 0 Å². The third kappa shape index (κ3) is 6.91. The molecule has 1 aromatic carbocycles. The number of fused-ring (bicyclic) bond motifs is 1. The Morgan fingerprint density at radius 2 is 1.87 bits per heavy atom. The molecule has 5 heterocycles. The maximum atomic E-state index is 13.6. The van der Waals surface area contributed by atoms with Gasteiger partial charge in [0.1, 0.15) is 11.9 Å². The van der Waals surface area contributed by atoms with Gasteiger partial charge in [-0.2, -0.15) is 0 Å². The van der Waals surface area contributed by atoms with Crippen molar-refractivity contribution >= 4 is 40.9 Å². The molecule has 0 bridgehead atoms. The van der Waals surface area contributed by atoms with Crippen LogP contribution in [0.25, 0.3) is 11.3 Å². The van der Waals surface area contributed by atoms with Crippen LogP contribution in [0.2, 0.25) is 5.02 Å². The summed E-state index contributed by atoms with van der Waals surface area (Å²) in [5.41, 5.74) is 4.07. The number of pyridine rings is 1. The number of nitrogens with one attached hydrogen (secondary N) is 1. The fourth-order valence-corrected chi connectivity index (χ4v) is 6.53. The van der Waals surface area contributed by atoms with Crippen LogP contribution in [-0.4, -0.2) is 101 Å². The Hall–Kier alpha value is -3.93. The second kappa shape index (κ2) is 13.8. The zero-order valence-corrected chi connectivity index (χ0v) is 27.6. The van der Waals surface area contributed by atoms with Gasteiger partial charge in [0.05, 0.1) is 16.9 Å². The first-order valence-corrected chi connectivity index (χ1v) is 16.3. The molecule has 3 aliphatic heterocycles. The molecule has 0 unspecified atom stereocenters. The van der Waals surface area contributed by atoms with Gasteiger partial charge in [-0.05, 0) is 77.4 Å². The van der Waals surface area contributed by atoms with E-state index in [0.29, 0.717) is 59.3 Å². The van der Waals surface area contributed by atoms with Crippen molar-refractivity contribution in [1.82, 2.24) is 24.8 Å². The minimum Gasteiger partial charge on any atom is -0.381 e. The zero-order chi connectivity index (χ0) is 32.4. The molecule has 0 radical (unpaired) electrons. The number of aromatic nitrogens is 3. The quantitative estimate of drug-likeness (QED) is 0.349. The molecule has 1 N–H and O–H groups in total. The van der Waals surface area contributed by atoms with Crippen LogP contribution in [-0.2, 0) is 16.1 Å². The van der Waals surface area contributed by atoms with Gasteiger partial charge in [-0.1, -0.05) is 23.7 Å². The van der Waals surface area contributed by atoms with Crippen molar-refractivity contribution in [2.75, 3.05) is 50.6 Å². The lowest BCUT2D eigenvalue weighted by molar-refractivity contribution is -0.121. The second-order valence-electron chi connectivity index (χ2n) is 12.5. The van der Waals surface area contributed by atoms with Crippen LogP contribution < -0.4 is 10.2 Å².